The molecule has 0 N–H and O–H groups in total. The van der Waals surface area contributed by atoms with Gasteiger partial charge >= 0.3 is 0 Å². The first-order chi connectivity index (χ1) is 8.88. The molecule has 2 aromatic rings. The summed E-state index contributed by atoms with van der Waals surface area (Å²) in [6.45, 7) is 0.469. The van der Waals surface area contributed by atoms with E-state index in [1.54, 1.807) is 0 Å². The lowest BCUT2D eigenvalue weighted by atomic mass is 10.1. The van der Waals surface area contributed by atoms with Crippen molar-refractivity contribution in [3.8, 4) is 0 Å². The molecule has 92 valence electrons. The molecule has 0 heterocycles. The Hall–Kier alpha value is -1.93. The second-order valence-corrected chi connectivity index (χ2v) is 4.16. The maximum Gasteiger partial charge on any atom is 0.149 e. The van der Waals surface area contributed by atoms with Gasteiger partial charge in [0.25, 0.3) is 0 Å². The van der Waals surface area contributed by atoms with Crippen LogP contribution in [0.3, 0.4) is 0 Å². The summed E-state index contributed by atoms with van der Waals surface area (Å²) in [4.78, 5) is 11.0. The van der Waals surface area contributed by atoms with Crippen LogP contribution < -0.4 is 0 Å². The van der Waals surface area contributed by atoms with Crippen molar-refractivity contribution < 1.29 is 9.53 Å². The van der Waals surface area contributed by atoms with E-state index < -0.39 is 0 Å². The van der Waals surface area contributed by atoms with Gasteiger partial charge in [-0.05, 0) is 11.1 Å². The van der Waals surface area contributed by atoms with Gasteiger partial charge in [-0.15, -0.1) is 0 Å². The number of aldehydes is 1. The molecule has 0 aliphatic rings. The molecule has 0 saturated carbocycles. The molecule has 0 unspecified atom stereocenters. The molecule has 0 spiro atoms. The van der Waals surface area contributed by atoms with Crippen LogP contribution in [-0.2, 0) is 22.6 Å². The van der Waals surface area contributed by atoms with Crippen LogP contribution in [0.15, 0.2) is 60.7 Å². The number of ether oxygens (including phenoxy) is 1. The molecule has 0 radical (unpaired) electrons. The Morgan fingerprint density at radius 3 is 2.00 bits per heavy atom. The molecular formula is C16H16O2. The van der Waals surface area contributed by atoms with Crippen molar-refractivity contribution in [3.05, 3.63) is 71.8 Å². The van der Waals surface area contributed by atoms with Crippen LogP contribution in [0, 0.1) is 0 Å². The predicted molar refractivity (Wildman–Crippen MR) is 71.2 cm³/mol. The number of rotatable bonds is 6. The molecule has 0 aromatic heterocycles. The number of hydrogen-bond donors (Lipinski definition) is 0. The maximum atomic E-state index is 11.0. The largest absolute Gasteiger partial charge is 0.366 e. The van der Waals surface area contributed by atoms with E-state index in [1.165, 1.54) is 0 Å². The van der Waals surface area contributed by atoms with Gasteiger partial charge < -0.3 is 9.53 Å². The van der Waals surface area contributed by atoms with Crippen molar-refractivity contribution >= 4 is 6.29 Å². The van der Waals surface area contributed by atoms with Gasteiger partial charge in [-0.1, -0.05) is 60.7 Å². The third-order valence-electron chi connectivity index (χ3n) is 2.74. The van der Waals surface area contributed by atoms with Crippen molar-refractivity contribution in [1.29, 1.82) is 0 Å². The quantitative estimate of drug-likeness (QED) is 0.725. The third-order valence-corrected chi connectivity index (χ3v) is 2.74. The van der Waals surface area contributed by atoms with Crippen molar-refractivity contribution in [2.75, 3.05) is 0 Å². The summed E-state index contributed by atoms with van der Waals surface area (Å²) in [6, 6.07) is 19.8. The normalized spacial score (nSPS) is 12.0. The maximum absolute atomic E-state index is 11.0. The lowest BCUT2D eigenvalue weighted by molar-refractivity contribution is -0.118. The smallest absolute Gasteiger partial charge is 0.149 e. The first kappa shape index (κ1) is 12.5. The SMILES string of the molecule is O=C[C@@H](Cc1ccccc1)OCc1ccccc1. The molecule has 0 aliphatic carbocycles. The van der Waals surface area contributed by atoms with Crippen molar-refractivity contribution in [1.82, 2.24) is 0 Å². The predicted octanol–water partition coefficient (Wildman–Crippen LogP) is 3.01. The third kappa shape index (κ3) is 3.82. The fourth-order valence-electron chi connectivity index (χ4n) is 1.77. The summed E-state index contributed by atoms with van der Waals surface area (Å²) in [5, 5.41) is 0. The Morgan fingerprint density at radius 2 is 1.44 bits per heavy atom. The first-order valence-corrected chi connectivity index (χ1v) is 6.03. The molecule has 1 atom stereocenters. The van der Waals surface area contributed by atoms with Gasteiger partial charge in [0.1, 0.15) is 12.4 Å². The summed E-state index contributed by atoms with van der Waals surface area (Å²) in [6.07, 6.45) is 1.11. The zero-order chi connectivity index (χ0) is 12.6. The molecule has 0 aliphatic heterocycles. The van der Waals surface area contributed by atoms with Crippen molar-refractivity contribution in [2.45, 2.75) is 19.1 Å². The number of benzene rings is 2. The average molecular weight is 240 g/mol. The van der Waals surface area contributed by atoms with Gasteiger partial charge in [0.05, 0.1) is 6.61 Å². The van der Waals surface area contributed by atoms with E-state index in [0.717, 1.165) is 17.4 Å². The second kappa shape index (κ2) is 6.72. The van der Waals surface area contributed by atoms with E-state index in [2.05, 4.69) is 0 Å². The van der Waals surface area contributed by atoms with E-state index in [1.807, 2.05) is 60.7 Å². The van der Waals surface area contributed by atoms with Gasteiger partial charge in [0.2, 0.25) is 0 Å². The van der Waals surface area contributed by atoms with E-state index in [0.29, 0.717) is 13.0 Å². The fraction of sp³-hybridized carbons (Fsp3) is 0.188. The molecule has 2 aromatic carbocycles. The lowest BCUT2D eigenvalue weighted by Crippen LogP contribution is -2.17. The Morgan fingerprint density at radius 1 is 0.889 bits per heavy atom. The molecular weight excluding hydrogens is 224 g/mol. The molecule has 0 amide bonds. The Labute approximate surface area is 107 Å². The highest BCUT2D eigenvalue weighted by Gasteiger charge is 2.08. The summed E-state index contributed by atoms with van der Waals surface area (Å²) in [7, 11) is 0. The van der Waals surface area contributed by atoms with Crippen LogP contribution >= 0.6 is 0 Å². The van der Waals surface area contributed by atoms with Crippen molar-refractivity contribution in [3.63, 3.8) is 0 Å². The summed E-state index contributed by atoms with van der Waals surface area (Å²) in [5.41, 5.74) is 2.19. The minimum Gasteiger partial charge on any atom is -0.366 e. The number of hydrogen-bond acceptors (Lipinski definition) is 2. The Balaban J connectivity index is 1.88. The first-order valence-electron chi connectivity index (χ1n) is 6.03. The molecule has 18 heavy (non-hydrogen) atoms. The molecule has 0 fully saturated rings. The van der Waals surface area contributed by atoms with E-state index in [-0.39, 0.29) is 6.10 Å². The highest BCUT2D eigenvalue weighted by atomic mass is 16.5. The Bertz CT molecular complexity index is 465. The number of carbonyl (C=O) groups is 1. The van der Waals surface area contributed by atoms with Crippen LogP contribution in [0.2, 0.25) is 0 Å². The van der Waals surface area contributed by atoms with E-state index >= 15 is 0 Å². The monoisotopic (exact) mass is 240 g/mol. The fourth-order valence-corrected chi connectivity index (χ4v) is 1.77. The van der Waals surface area contributed by atoms with Crippen LogP contribution in [0.5, 0.6) is 0 Å². The highest BCUT2D eigenvalue weighted by molar-refractivity contribution is 5.56. The van der Waals surface area contributed by atoms with Crippen molar-refractivity contribution in [2.24, 2.45) is 0 Å². The van der Waals surface area contributed by atoms with Crippen LogP contribution in [-0.4, -0.2) is 12.4 Å². The van der Waals surface area contributed by atoms with Gasteiger partial charge in [0, 0.05) is 6.42 Å². The Kier molecular flexibility index (Phi) is 4.68. The van der Waals surface area contributed by atoms with Crippen LogP contribution in [0.1, 0.15) is 11.1 Å². The zero-order valence-corrected chi connectivity index (χ0v) is 10.2. The zero-order valence-electron chi connectivity index (χ0n) is 10.2. The standard InChI is InChI=1S/C16H16O2/c17-12-16(11-14-7-3-1-4-8-14)18-13-15-9-5-2-6-10-15/h1-10,12,16H,11,13H2/t16-/m1/s1. The topological polar surface area (TPSA) is 26.3 Å². The molecule has 2 heteroatoms. The summed E-state index contributed by atoms with van der Waals surface area (Å²) in [5.74, 6) is 0. The van der Waals surface area contributed by atoms with Crippen LogP contribution in [0.4, 0.5) is 0 Å². The van der Waals surface area contributed by atoms with E-state index in [4.69, 9.17) is 4.74 Å². The van der Waals surface area contributed by atoms with Gasteiger partial charge in [0.15, 0.2) is 0 Å². The van der Waals surface area contributed by atoms with Gasteiger partial charge in [-0.25, -0.2) is 0 Å². The minimum absolute atomic E-state index is 0.382. The number of carbonyl (C=O) groups excluding carboxylic acids is 1. The highest BCUT2D eigenvalue weighted by Crippen LogP contribution is 2.08. The second-order valence-electron chi connectivity index (χ2n) is 4.16. The van der Waals surface area contributed by atoms with Gasteiger partial charge in [-0.3, -0.25) is 0 Å². The van der Waals surface area contributed by atoms with Gasteiger partial charge in [-0.2, -0.15) is 0 Å². The van der Waals surface area contributed by atoms with E-state index in [9.17, 15) is 4.79 Å². The lowest BCUT2D eigenvalue weighted by Gasteiger charge is -2.12. The van der Waals surface area contributed by atoms with Crippen LogP contribution in [0.25, 0.3) is 0 Å². The summed E-state index contributed by atoms with van der Waals surface area (Å²) < 4.78 is 5.61. The summed E-state index contributed by atoms with van der Waals surface area (Å²) >= 11 is 0. The average Bonchev–Trinajstić information content (AvgIpc) is 2.45. The molecule has 2 rings (SSSR count). The molecule has 0 bridgehead atoms. The minimum atomic E-state index is -0.382. The molecule has 2 nitrogen and oxygen atoms in total. The molecule has 0 saturated heterocycles.